The fraction of sp³-hybridized carbons (Fsp3) is 0.417. The number of benzene rings is 1. The smallest absolute Gasteiger partial charge is 0.0979 e. The number of aliphatic hydroxyl groups excluding tert-OH is 1. The average Bonchev–Trinajstić information content (AvgIpc) is 3.22. The number of piperidine rings is 1. The molecule has 1 N–H and O–H groups in total. The molecule has 0 unspecified atom stereocenters. The summed E-state index contributed by atoms with van der Waals surface area (Å²) in [5.41, 5.74) is 5.37. The van der Waals surface area contributed by atoms with Gasteiger partial charge in [0.1, 0.15) is 0 Å². The van der Waals surface area contributed by atoms with Crippen molar-refractivity contribution in [2.75, 3.05) is 26.2 Å². The number of hydrogen-bond donors (Lipinski definition) is 1. The van der Waals surface area contributed by atoms with Gasteiger partial charge < -0.3 is 14.6 Å². The third-order valence-corrected chi connectivity index (χ3v) is 5.88. The van der Waals surface area contributed by atoms with Gasteiger partial charge in [0, 0.05) is 38.0 Å². The van der Waals surface area contributed by atoms with Crippen LogP contribution >= 0.6 is 0 Å². The van der Waals surface area contributed by atoms with Crippen LogP contribution in [0.25, 0.3) is 22.6 Å². The molecule has 29 heavy (non-hydrogen) atoms. The van der Waals surface area contributed by atoms with Crippen LogP contribution in [0.2, 0.25) is 0 Å². The molecular formula is C24H30N4O. The number of hydrogen-bond acceptors (Lipinski definition) is 4. The molecule has 1 aliphatic heterocycles. The summed E-state index contributed by atoms with van der Waals surface area (Å²) in [6.07, 6.45) is 7.20. The fourth-order valence-electron chi connectivity index (χ4n) is 4.15. The molecule has 5 nitrogen and oxygen atoms in total. The summed E-state index contributed by atoms with van der Waals surface area (Å²) in [6.45, 7) is 6.35. The molecule has 5 heteroatoms. The molecule has 1 aromatic carbocycles. The predicted molar refractivity (Wildman–Crippen MR) is 117 cm³/mol. The standard InChI is InChI=1S/C24H30N4O/c1-2-19-10-11-22(25-15-19)24-23(21-8-4-3-5-9-21)26-18-28(24)14-13-27-12-6-7-20(16-27)17-29/h3-5,8-11,15,18,20,29H,2,6-7,12-14,16-17H2,1H3/t20-/m0/s1. The van der Waals surface area contributed by atoms with Gasteiger partial charge in [0.2, 0.25) is 0 Å². The van der Waals surface area contributed by atoms with Crippen LogP contribution < -0.4 is 0 Å². The maximum absolute atomic E-state index is 9.51. The summed E-state index contributed by atoms with van der Waals surface area (Å²) in [5.74, 6) is 0.411. The Labute approximate surface area is 173 Å². The van der Waals surface area contributed by atoms with Gasteiger partial charge in [0.25, 0.3) is 0 Å². The number of likely N-dealkylation sites (tertiary alicyclic amines) is 1. The Balaban J connectivity index is 1.62. The van der Waals surface area contributed by atoms with E-state index in [9.17, 15) is 5.11 Å². The SMILES string of the molecule is CCc1ccc(-c2c(-c3ccccc3)ncn2CCN2CCC[C@H](CO)C2)nc1. The number of rotatable bonds is 7. The third kappa shape index (κ3) is 4.57. The summed E-state index contributed by atoms with van der Waals surface area (Å²) in [7, 11) is 0. The fourth-order valence-corrected chi connectivity index (χ4v) is 4.15. The van der Waals surface area contributed by atoms with Gasteiger partial charge in [-0.05, 0) is 43.4 Å². The summed E-state index contributed by atoms with van der Waals surface area (Å²) >= 11 is 0. The molecule has 0 bridgehead atoms. The van der Waals surface area contributed by atoms with Crippen LogP contribution in [-0.4, -0.2) is 50.8 Å². The summed E-state index contributed by atoms with van der Waals surface area (Å²) in [5, 5.41) is 9.51. The lowest BCUT2D eigenvalue weighted by Gasteiger charge is -2.31. The second-order valence-corrected chi connectivity index (χ2v) is 7.90. The molecule has 152 valence electrons. The highest BCUT2D eigenvalue weighted by Crippen LogP contribution is 2.30. The van der Waals surface area contributed by atoms with E-state index >= 15 is 0 Å². The van der Waals surface area contributed by atoms with E-state index in [0.29, 0.717) is 12.5 Å². The molecular weight excluding hydrogens is 360 g/mol. The van der Waals surface area contributed by atoms with Gasteiger partial charge >= 0.3 is 0 Å². The van der Waals surface area contributed by atoms with Crippen molar-refractivity contribution in [1.82, 2.24) is 19.4 Å². The highest BCUT2D eigenvalue weighted by atomic mass is 16.3. The molecule has 3 heterocycles. The molecule has 0 aliphatic carbocycles. The predicted octanol–water partition coefficient (Wildman–Crippen LogP) is 3.88. The van der Waals surface area contributed by atoms with Crippen LogP contribution in [-0.2, 0) is 13.0 Å². The first-order valence-corrected chi connectivity index (χ1v) is 10.7. The first kappa shape index (κ1) is 19.8. The van der Waals surface area contributed by atoms with Crippen molar-refractivity contribution in [2.45, 2.75) is 32.7 Å². The van der Waals surface area contributed by atoms with Gasteiger partial charge in [0.05, 0.1) is 23.4 Å². The molecule has 1 atom stereocenters. The molecule has 1 fully saturated rings. The summed E-state index contributed by atoms with van der Waals surface area (Å²) in [6, 6.07) is 14.6. The number of aliphatic hydroxyl groups is 1. The second-order valence-electron chi connectivity index (χ2n) is 7.90. The van der Waals surface area contributed by atoms with Gasteiger partial charge in [-0.3, -0.25) is 4.98 Å². The van der Waals surface area contributed by atoms with E-state index in [-0.39, 0.29) is 0 Å². The minimum absolute atomic E-state index is 0.290. The molecule has 0 amide bonds. The van der Waals surface area contributed by atoms with E-state index in [1.54, 1.807) is 0 Å². The monoisotopic (exact) mass is 390 g/mol. The van der Waals surface area contributed by atoms with Crippen molar-refractivity contribution in [3.8, 4) is 22.6 Å². The Morgan fingerprint density at radius 3 is 2.66 bits per heavy atom. The zero-order valence-corrected chi connectivity index (χ0v) is 17.2. The van der Waals surface area contributed by atoms with Crippen LogP contribution in [0.1, 0.15) is 25.3 Å². The minimum Gasteiger partial charge on any atom is -0.396 e. The summed E-state index contributed by atoms with van der Waals surface area (Å²) < 4.78 is 2.23. The van der Waals surface area contributed by atoms with Crippen molar-refractivity contribution >= 4 is 0 Å². The van der Waals surface area contributed by atoms with Crippen molar-refractivity contribution in [3.05, 3.63) is 60.6 Å². The Hall–Kier alpha value is -2.50. The topological polar surface area (TPSA) is 54.2 Å². The lowest BCUT2D eigenvalue weighted by Crippen LogP contribution is -2.38. The number of aryl methyl sites for hydroxylation is 1. The minimum atomic E-state index is 0.290. The lowest BCUT2D eigenvalue weighted by atomic mass is 9.99. The highest BCUT2D eigenvalue weighted by molar-refractivity contribution is 5.76. The van der Waals surface area contributed by atoms with Crippen LogP contribution in [0, 0.1) is 5.92 Å². The Morgan fingerprint density at radius 1 is 1.07 bits per heavy atom. The Morgan fingerprint density at radius 2 is 1.93 bits per heavy atom. The molecule has 1 saturated heterocycles. The van der Waals surface area contributed by atoms with Crippen LogP contribution in [0.3, 0.4) is 0 Å². The molecule has 1 aliphatic rings. The first-order chi connectivity index (χ1) is 14.3. The van der Waals surface area contributed by atoms with Crippen molar-refractivity contribution in [3.63, 3.8) is 0 Å². The number of imidazole rings is 1. The van der Waals surface area contributed by atoms with Gasteiger partial charge in [-0.2, -0.15) is 0 Å². The second kappa shape index (κ2) is 9.33. The highest BCUT2D eigenvalue weighted by Gasteiger charge is 2.20. The van der Waals surface area contributed by atoms with E-state index in [1.807, 2.05) is 18.6 Å². The Bertz CT molecular complexity index is 904. The average molecular weight is 391 g/mol. The molecule has 4 rings (SSSR count). The molecule has 0 radical (unpaired) electrons. The van der Waals surface area contributed by atoms with Crippen LogP contribution in [0.15, 0.2) is 55.0 Å². The normalized spacial score (nSPS) is 17.5. The summed E-state index contributed by atoms with van der Waals surface area (Å²) in [4.78, 5) is 12.0. The van der Waals surface area contributed by atoms with Crippen molar-refractivity contribution in [2.24, 2.45) is 5.92 Å². The van der Waals surface area contributed by atoms with E-state index < -0.39 is 0 Å². The number of aromatic nitrogens is 3. The van der Waals surface area contributed by atoms with Gasteiger partial charge in [-0.25, -0.2) is 4.98 Å². The Kier molecular flexibility index (Phi) is 6.37. The largest absolute Gasteiger partial charge is 0.396 e. The van der Waals surface area contributed by atoms with E-state index in [1.165, 1.54) is 5.56 Å². The quantitative estimate of drug-likeness (QED) is 0.665. The van der Waals surface area contributed by atoms with Crippen LogP contribution in [0.5, 0.6) is 0 Å². The van der Waals surface area contributed by atoms with Gasteiger partial charge in [-0.1, -0.05) is 43.3 Å². The molecule has 2 aromatic heterocycles. The zero-order valence-electron chi connectivity index (χ0n) is 17.2. The third-order valence-electron chi connectivity index (χ3n) is 5.88. The van der Waals surface area contributed by atoms with Crippen LogP contribution in [0.4, 0.5) is 0 Å². The lowest BCUT2D eigenvalue weighted by molar-refractivity contribution is 0.118. The van der Waals surface area contributed by atoms with E-state index in [4.69, 9.17) is 9.97 Å². The molecule has 0 saturated carbocycles. The molecule has 3 aromatic rings. The molecule has 0 spiro atoms. The number of nitrogens with zero attached hydrogens (tertiary/aromatic N) is 4. The van der Waals surface area contributed by atoms with Crippen molar-refractivity contribution in [1.29, 1.82) is 0 Å². The van der Waals surface area contributed by atoms with Crippen molar-refractivity contribution < 1.29 is 5.11 Å². The van der Waals surface area contributed by atoms with Gasteiger partial charge in [-0.15, -0.1) is 0 Å². The zero-order chi connectivity index (χ0) is 20.1. The van der Waals surface area contributed by atoms with Gasteiger partial charge in [0.15, 0.2) is 0 Å². The van der Waals surface area contributed by atoms with E-state index in [0.717, 1.165) is 68.1 Å². The maximum Gasteiger partial charge on any atom is 0.0979 e. The number of pyridine rings is 1. The van der Waals surface area contributed by atoms with E-state index in [2.05, 4.69) is 52.8 Å². The first-order valence-electron chi connectivity index (χ1n) is 10.7. The maximum atomic E-state index is 9.51.